The van der Waals surface area contributed by atoms with Crippen molar-refractivity contribution in [3.05, 3.63) is 101 Å². The number of ketones is 2. The lowest BCUT2D eigenvalue weighted by Gasteiger charge is -2.28. The van der Waals surface area contributed by atoms with E-state index < -0.39 is 127 Å². The Morgan fingerprint density at radius 3 is 1.08 bits per heavy atom. The maximum absolute atomic E-state index is 13.6. The number of phenolic OH excluding ortho intramolecular Hbond substituents is 8. The third-order valence-corrected chi connectivity index (χ3v) is 16.1. The van der Waals surface area contributed by atoms with Gasteiger partial charge in [-0.25, -0.2) is 9.59 Å². The zero-order valence-electron chi connectivity index (χ0n) is 54.4. The quantitative estimate of drug-likeness (QED) is 0.0317. The number of benzene rings is 6. The number of carbonyl (C=O) groups is 8. The van der Waals surface area contributed by atoms with Crippen LogP contribution < -0.4 is 31.0 Å². The number of Topliss-reactive ketones (excluding diaryl/α,β-unsaturated/α-hetero) is 2. The van der Waals surface area contributed by atoms with Crippen LogP contribution in [0.4, 0.5) is 0 Å². The average Bonchev–Trinajstić information content (AvgIpc) is 0.732. The van der Waals surface area contributed by atoms with Crippen LogP contribution in [0.15, 0.2) is 54.8 Å². The first kappa shape index (κ1) is 73.7. The maximum Gasteiger partial charge on any atom is 0.331 e. The second kappa shape index (κ2) is 29.1. The molecule has 8 aromatic rings. The fourth-order valence-electron chi connectivity index (χ4n) is 11.4. The number of aliphatic hydroxyl groups excluding tert-OH is 2. The number of fused-ring (bicyclic) bond motifs is 10. The smallest absolute Gasteiger partial charge is 0.331 e. The number of carboxylic acids is 2. The number of phenols is 8. The Labute approximate surface area is 554 Å². The zero-order valence-corrected chi connectivity index (χ0v) is 54.4. The molecule has 2 heterocycles. The van der Waals surface area contributed by atoms with Gasteiger partial charge in [-0.15, -0.1) is 0 Å². The van der Waals surface area contributed by atoms with Gasteiger partial charge in [-0.1, -0.05) is 12.1 Å². The molecule has 0 saturated heterocycles. The van der Waals surface area contributed by atoms with E-state index in [0.29, 0.717) is 24.3 Å². The molecule has 2 atom stereocenters. The Morgan fingerprint density at radius 2 is 0.816 bits per heavy atom. The van der Waals surface area contributed by atoms with E-state index in [-0.39, 0.29) is 151 Å². The number of hydrogen-bond donors (Lipinski definition) is 14. The first-order chi connectivity index (χ1) is 46.0. The number of rotatable bonds is 16. The lowest BCUT2D eigenvalue weighted by atomic mass is 9.80. The third-order valence-electron chi connectivity index (χ3n) is 16.1. The highest BCUT2D eigenvalue weighted by atomic mass is 16.5. The molecule has 2 amide bonds. The van der Waals surface area contributed by atoms with Gasteiger partial charge in [-0.3, -0.25) is 38.4 Å². The SMILES string of the molecule is CCOC(C)=O.CCOC(C)=O.COc1ccc2oc3c(O)c4c(c(O)c3c(=O)c2c1O)-c1c(cc(CC(C)=O)c(C(=O)N[C@@](C)(CO)C(=O)O)c1O)CC4.COc1ccc2oc3c(O)c4c(c(O)c3c(=O)c2c1O)-c1c(cc(CC(C)=O)c(C(=O)N[C@@](C)(CO)C(=O)O)c1O)CC4. The second-order valence-corrected chi connectivity index (χ2v) is 23.0. The van der Waals surface area contributed by atoms with Crippen molar-refractivity contribution in [1.29, 1.82) is 0 Å². The minimum atomic E-state index is -2.15. The van der Waals surface area contributed by atoms with Gasteiger partial charge in [0.15, 0.2) is 56.7 Å². The molecule has 2 aromatic heterocycles. The molecule has 6 aromatic carbocycles. The lowest BCUT2D eigenvalue weighted by Crippen LogP contribution is -2.55. The van der Waals surface area contributed by atoms with Gasteiger partial charge in [-0.2, -0.15) is 0 Å². The number of ether oxygens (including phenoxy) is 4. The molecule has 30 heteroatoms. The summed E-state index contributed by atoms with van der Waals surface area (Å²) >= 11 is 0. The number of carboxylic acid groups (broad SMARTS) is 2. The largest absolute Gasteiger partial charge is 0.506 e. The van der Waals surface area contributed by atoms with Gasteiger partial charge >= 0.3 is 23.9 Å². The molecule has 0 saturated carbocycles. The van der Waals surface area contributed by atoms with Gasteiger partial charge in [-0.05, 0) is 114 Å². The number of aryl methyl sites for hydroxylation is 2. The molecule has 2 aliphatic rings. The molecule has 0 aliphatic heterocycles. The van der Waals surface area contributed by atoms with Crippen molar-refractivity contribution in [3.63, 3.8) is 0 Å². The number of aliphatic hydroxyl groups is 2. The second-order valence-electron chi connectivity index (χ2n) is 23.0. The third kappa shape index (κ3) is 13.8. The summed E-state index contributed by atoms with van der Waals surface area (Å²) in [5, 5.41) is 131. The normalized spacial score (nSPS) is 12.9. The molecular weight excluding hydrogens is 1290 g/mol. The summed E-state index contributed by atoms with van der Waals surface area (Å²) in [6, 6.07) is 8.31. The van der Waals surface area contributed by atoms with Gasteiger partial charge < -0.3 is 99.7 Å². The van der Waals surface area contributed by atoms with Gasteiger partial charge in [0.1, 0.15) is 67.3 Å². The van der Waals surface area contributed by atoms with Crippen LogP contribution in [0.1, 0.15) is 109 Å². The van der Waals surface area contributed by atoms with Crippen LogP contribution >= 0.6 is 0 Å². The van der Waals surface area contributed by atoms with Crippen molar-refractivity contribution in [3.8, 4) is 79.7 Å². The molecule has 10 rings (SSSR count). The standard InChI is InChI=1S/2C30H27NO12.2C4H8O2/c2*1-11(33)8-13-9-12-4-5-14-19(17(12)24(36)18(13)28(39)31-30(2,10-32)29(40)41)25(37)21-26(38)20-15(43-27(21)22(14)34)6-7-16(42-3)23(20)35;2*1-3-6-4(2)5/h2*6-7,9,32,34-37H,4-5,8,10H2,1-3H3,(H,31,39)(H,40,41);2*3H2,1-2H3/t2*30-;;/m00../s1. The van der Waals surface area contributed by atoms with Crippen LogP contribution in [0.25, 0.3) is 66.1 Å². The highest BCUT2D eigenvalue weighted by Crippen LogP contribution is 2.55. The van der Waals surface area contributed by atoms with Gasteiger partial charge in [0, 0.05) is 60.1 Å². The summed E-state index contributed by atoms with van der Waals surface area (Å²) in [5.41, 5.74) is -7.67. The van der Waals surface area contributed by atoms with Crippen LogP contribution in [-0.4, -0.2) is 160 Å². The summed E-state index contributed by atoms with van der Waals surface area (Å²) < 4.78 is 30.4. The van der Waals surface area contributed by atoms with Crippen LogP contribution in [-0.2, 0) is 76.8 Å². The minimum Gasteiger partial charge on any atom is -0.506 e. The monoisotopic (exact) mass is 1360 g/mol. The zero-order chi connectivity index (χ0) is 73.1. The summed E-state index contributed by atoms with van der Waals surface area (Å²) in [4.78, 5) is 121. The van der Waals surface area contributed by atoms with Gasteiger partial charge in [0.05, 0.1) is 51.8 Å². The Balaban J connectivity index is 0.000000236. The van der Waals surface area contributed by atoms with Gasteiger partial charge in [0.2, 0.25) is 10.9 Å². The number of carbonyl (C=O) groups excluding carboxylic acids is 6. The van der Waals surface area contributed by atoms with E-state index >= 15 is 0 Å². The number of esters is 2. The number of aliphatic carboxylic acids is 2. The number of aromatic hydroxyl groups is 8. The molecule has 0 radical (unpaired) electrons. The molecule has 0 bridgehead atoms. The Hall–Kier alpha value is -11.7. The highest BCUT2D eigenvalue weighted by molar-refractivity contribution is 6.11. The number of methoxy groups -OCH3 is 2. The Bertz CT molecular complexity index is 4490. The van der Waals surface area contributed by atoms with E-state index in [2.05, 4.69) is 20.1 Å². The van der Waals surface area contributed by atoms with Crippen molar-refractivity contribution in [2.24, 2.45) is 0 Å². The Morgan fingerprint density at radius 1 is 0.480 bits per heavy atom. The summed E-state index contributed by atoms with van der Waals surface area (Å²) in [5.74, 6) is -11.7. The molecule has 30 nitrogen and oxygen atoms in total. The van der Waals surface area contributed by atoms with Crippen LogP contribution in [0.3, 0.4) is 0 Å². The fourth-order valence-corrected chi connectivity index (χ4v) is 11.4. The first-order valence-electron chi connectivity index (χ1n) is 29.9. The van der Waals surface area contributed by atoms with Crippen molar-refractivity contribution in [1.82, 2.24) is 10.6 Å². The summed E-state index contributed by atoms with van der Waals surface area (Å²) in [6.45, 7) is 9.93. The molecule has 98 heavy (non-hydrogen) atoms. The first-order valence-corrected chi connectivity index (χ1v) is 29.9. The molecule has 0 unspecified atom stereocenters. The molecule has 520 valence electrons. The predicted molar refractivity (Wildman–Crippen MR) is 347 cm³/mol. The topological polar surface area (TPSA) is 501 Å². The summed E-state index contributed by atoms with van der Waals surface area (Å²) in [6.07, 6.45) is -0.101. The molecular formula is C68H70N2O28. The van der Waals surface area contributed by atoms with E-state index in [1.165, 1.54) is 78.3 Å². The minimum absolute atomic E-state index is 0.0475. The number of hydrogen-bond acceptors (Lipinski definition) is 26. The van der Waals surface area contributed by atoms with Crippen LogP contribution in [0.2, 0.25) is 0 Å². The van der Waals surface area contributed by atoms with E-state index in [0.717, 1.165) is 13.8 Å². The fraction of sp³-hybridized carbons (Fsp3) is 0.324. The van der Waals surface area contributed by atoms with Crippen molar-refractivity contribution in [2.45, 2.75) is 105 Å². The van der Waals surface area contributed by atoms with Crippen molar-refractivity contribution >= 4 is 91.1 Å². The Kier molecular flexibility index (Phi) is 21.9. The molecule has 14 N–H and O–H groups in total. The molecule has 0 fully saturated rings. The van der Waals surface area contributed by atoms with Crippen molar-refractivity contribution in [2.75, 3.05) is 40.6 Å². The lowest BCUT2D eigenvalue weighted by molar-refractivity contribution is -0.146. The highest BCUT2D eigenvalue weighted by Gasteiger charge is 2.41. The maximum atomic E-state index is 13.6. The molecule has 2 aliphatic carbocycles. The van der Waals surface area contributed by atoms with Crippen LogP contribution in [0, 0.1) is 0 Å². The van der Waals surface area contributed by atoms with E-state index in [9.17, 15) is 109 Å². The molecule has 0 spiro atoms. The summed E-state index contributed by atoms with van der Waals surface area (Å²) in [7, 11) is 2.55. The van der Waals surface area contributed by atoms with E-state index in [1.807, 2.05) is 0 Å². The van der Waals surface area contributed by atoms with Crippen molar-refractivity contribution < 1.29 is 127 Å². The van der Waals surface area contributed by atoms with E-state index in [4.69, 9.17) is 18.3 Å². The number of amides is 2. The van der Waals surface area contributed by atoms with Crippen LogP contribution in [0.5, 0.6) is 57.5 Å². The van der Waals surface area contributed by atoms with E-state index in [1.54, 1.807) is 13.8 Å². The predicted octanol–water partition coefficient (Wildman–Crippen LogP) is 5.62. The average molecular weight is 1360 g/mol. The number of nitrogens with one attached hydrogen (secondary N) is 2. The van der Waals surface area contributed by atoms with Gasteiger partial charge in [0.25, 0.3) is 11.8 Å².